The Labute approximate surface area is 112 Å². The quantitative estimate of drug-likeness (QED) is 0.813. The van der Waals surface area contributed by atoms with Crippen molar-refractivity contribution >= 4 is 17.4 Å². The molecule has 0 bridgehead atoms. The second kappa shape index (κ2) is 5.38. The zero-order chi connectivity index (χ0) is 12.4. The summed E-state index contributed by atoms with van der Waals surface area (Å²) < 4.78 is 6.03. The van der Waals surface area contributed by atoms with Crippen LogP contribution in [0.25, 0.3) is 0 Å². The molecule has 1 aromatic carbocycles. The average molecular weight is 265 g/mol. The number of hydrogen-bond donors (Lipinski definition) is 1. The summed E-state index contributed by atoms with van der Waals surface area (Å²) in [5.74, 6) is 9.44. The zero-order valence-electron chi connectivity index (χ0n) is 10.4. The van der Waals surface area contributed by atoms with Crippen molar-refractivity contribution in [3.05, 3.63) is 24.3 Å². The zero-order valence-corrected chi connectivity index (χ0v) is 11.2. The van der Waals surface area contributed by atoms with Crippen LogP contribution in [0.3, 0.4) is 0 Å². The number of hydrazine groups is 1. The molecule has 0 aromatic heterocycles. The van der Waals surface area contributed by atoms with Crippen molar-refractivity contribution in [2.75, 3.05) is 42.7 Å². The molecule has 5 heteroatoms. The van der Waals surface area contributed by atoms with Gasteiger partial charge in [-0.1, -0.05) is 12.1 Å². The Morgan fingerprint density at radius 3 is 2.89 bits per heavy atom. The van der Waals surface area contributed by atoms with Gasteiger partial charge in [-0.15, -0.1) is 0 Å². The average Bonchev–Trinajstić information content (AvgIpc) is 2.40. The molecular weight excluding hydrogens is 246 g/mol. The van der Waals surface area contributed by atoms with Gasteiger partial charge in [0, 0.05) is 31.1 Å². The Balaban J connectivity index is 1.66. The number of para-hydroxylation sites is 2. The molecule has 0 spiro atoms. The van der Waals surface area contributed by atoms with Crippen LogP contribution in [0, 0.1) is 0 Å². The highest BCUT2D eigenvalue weighted by atomic mass is 32.2. The van der Waals surface area contributed by atoms with Crippen LogP contribution < -0.4 is 15.6 Å². The molecular formula is C13H19N3OS. The maximum absolute atomic E-state index is 6.07. The molecule has 2 aliphatic rings. The van der Waals surface area contributed by atoms with Crippen LogP contribution in [0.15, 0.2) is 24.3 Å². The Morgan fingerprint density at radius 2 is 2.06 bits per heavy atom. The summed E-state index contributed by atoms with van der Waals surface area (Å²) >= 11 is 2.03. The van der Waals surface area contributed by atoms with Gasteiger partial charge in [0.25, 0.3) is 0 Å². The molecule has 1 atom stereocenters. The normalized spacial score (nSPS) is 24.5. The van der Waals surface area contributed by atoms with Crippen LogP contribution >= 0.6 is 11.8 Å². The second-order valence-corrected chi connectivity index (χ2v) is 6.00. The second-order valence-electron chi connectivity index (χ2n) is 4.77. The van der Waals surface area contributed by atoms with Crippen molar-refractivity contribution in [2.24, 2.45) is 5.84 Å². The Bertz CT molecular complexity index is 409. The molecule has 2 heterocycles. The minimum atomic E-state index is 0.174. The first-order chi connectivity index (χ1) is 8.83. The minimum Gasteiger partial charge on any atom is -0.485 e. The van der Waals surface area contributed by atoms with Crippen LogP contribution in [-0.4, -0.2) is 48.7 Å². The van der Waals surface area contributed by atoms with E-state index in [1.54, 1.807) is 0 Å². The first kappa shape index (κ1) is 12.1. The predicted molar refractivity (Wildman–Crippen MR) is 76.2 cm³/mol. The van der Waals surface area contributed by atoms with Gasteiger partial charge in [0.05, 0.1) is 12.2 Å². The van der Waals surface area contributed by atoms with Gasteiger partial charge < -0.3 is 9.75 Å². The standard InChI is InChI=1S/C13H19N3OS/c14-16-10-11(9-15-5-7-18-8-6-15)17-13-4-2-1-3-12(13)16/h1-4,11H,5-10,14H2. The monoisotopic (exact) mass is 265 g/mol. The maximum Gasteiger partial charge on any atom is 0.144 e. The van der Waals surface area contributed by atoms with E-state index in [1.807, 2.05) is 41.0 Å². The number of fused-ring (bicyclic) bond motifs is 1. The number of hydrogen-bond acceptors (Lipinski definition) is 5. The van der Waals surface area contributed by atoms with Gasteiger partial charge >= 0.3 is 0 Å². The topological polar surface area (TPSA) is 41.7 Å². The fourth-order valence-corrected chi connectivity index (χ4v) is 3.47. The number of nitrogens with zero attached hydrogens (tertiary/aromatic N) is 2. The summed E-state index contributed by atoms with van der Waals surface area (Å²) in [7, 11) is 0. The van der Waals surface area contributed by atoms with Gasteiger partial charge in [0.15, 0.2) is 0 Å². The van der Waals surface area contributed by atoms with E-state index in [2.05, 4.69) is 4.90 Å². The van der Waals surface area contributed by atoms with Crippen molar-refractivity contribution in [3.63, 3.8) is 0 Å². The van der Waals surface area contributed by atoms with Gasteiger partial charge in [-0.2, -0.15) is 11.8 Å². The number of benzene rings is 1. The fraction of sp³-hybridized carbons (Fsp3) is 0.538. The molecule has 3 rings (SSSR count). The molecule has 1 saturated heterocycles. The SMILES string of the molecule is NN1CC(CN2CCSCC2)Oc2ccccc21. The minimum absolute atomic E-state index is 0.174. The summed E-state index contributed by atoms with van der Waals surface area (Å²) in [5, 5.41) is 1.81. The highest BCUT2D eigenvalue weighted by Gasteiger charge is 2.25. The van der Waals surface area contributed by atoms with Gasteiger partial charge in [0.2, 0.25) is 0 Å². The van der Waals surface area contributed by atoms with Crippen molar-refractivity contribution < 1.29 is 4.74 Å². The molecule has 4 nitrogen and oxygen atoms in total. The molecule has 1 unspecified atom stereocenters. The molecule has 1 fully saturated rings. The molecule has 0 aliphatic carbocycles. The number of thioether (sulfide) groups is 1. The van der Waals surface area contributed by atoms with Crippen molar-refractivity contribution in [1.29, 1.82) is 0 Å². The Morgan fingerprint density at radius 1 is 1.28 bits per heavy atom. The van der Waals surface area contributed by atoms with E-state index >= 15 is 0 Å². The number of ether oxygens (including phenoxy) is 1. The molecule has 0 amide bonds. The number of rotatable bonds is 2. The van der Waals surface area contributed by atoms with Crippen molar-refractivity contribution in [3.8, 4) is 5.75 Å². The summed E-state index contributed by atoms with van der Waals surface area (Å²) in [6.07, 6.45) is 0.174. The lowest BCUT2D eigenvalue weighted by molar-refractivity contribution is 0.134. The van der Waals surface area contributed by atoms with E-state index in [1.165, 1.54) is 11.5 Å². The van der Waals surface area contributed by atoms with Crippen LogP contribution in [0.4, 0.5) is 5.69 Å². The van der Waals surface area contributed by atoms with E-state index in [9.17, 15) is 0 Å². The lowest BCUT2D eigenvalue weighted by Gasteiger charge is -2.36. The van der Waals surface area contributed by atoms with Crippen molar-refractivity contribution in [2.45, 2.75) is 6.10 Å². The number of anilines is 1. The summed E-state index contributed by atoms with van der Waals surface area (Å²) in [5.41, 5.74) is 0.989. The highest BCUT2D eigenvalue weighted by molar-refractivity contribution is 7.99. The van der Waals surface area contributed by atoms with Crippen LogP contribution in [-0.2, 0) is 0 Å². The molecule has 0 saturated carbocycles. The summed E-state index contributed by atoms with van der Waals surface area (Å²) in [4.78, 5) is 2.48. The third-order valence-corrected chi connectivity index (χ3v) is 4.38. The smallest absolute Gasteiger partial charge is 0.144 e. The largest absolute Gasteiger partial charge is 0.485 e. The van der Waals surface area contributed by atoms with E-state index in [0.29, 0.717) is 0 Å². The lowest BCUT2D eigenvalue weighted by Crippen LogP contribution is -2.50. The van der Waals surface area contributed by atoms with E-state index in [0.717, 1.165) is 37.6 Å². The fourth-order valence-electron chi connectivity index (χ4n) is 2.50. The molecule has 2 aliphatic heterocycles. The molecule has 2 N–H and O–H groups in total. The first-order valence-corrected chi connectivity index (χ1v) is 7.56. The van der Waals surface area contributed by atoms with Crippen molar-refractivity contribution in [1.82, 2.24) is 4.90 Å². The maximum atomic E-state index is 6.07. The third kappa shape index (κ3) is 2.58. The van der Waals surface area contributed by atoms with Crippen LogP contribution in [0.1, 0.15) is 0 Å². The first-order valence-electron chi connectivity index (χ1n) is 6.41. The van der Waals surface area contributed by atoms with Gasteiger partial charge in [-0.25, -0.2) is 5.84 Å². The van der Waals surface area contributed by atoms with Crippen LogP contribution in [0.2, 0.25) is 0 Å². The molecule has 18 heavy (non-hydrogen) atoms. The predicted octanol–water partition coefficient (Wildman–Crippen LogP) is 1.18. The van der Waals surface area contributed by atoms with Gasteiger partial charge in [0.1, 0.15) is 11.9 Å². The van der Waals surface area contributed by atoms with Gasteiger partial charge in [-0.05, 0) is 12.1 Å². The Kier molecular flexibility index (Phi) is 3.63. The Hall–Kier alpha value is -0.910. The van der Waals surface area contributed by atoms with Crippen LogP contribution in [0.5, 0.6) is 5.75 Å². The number of nitrogens with two attached hydrogens (primary N) is 1. The molecule has 1 aromatic rings. The van der Waals surface area contributed by atoms with Gasteiger partial charge in [-0.3, -0.25) is 4.90 Å². The third-order valence-electron chi connectivity index (χ3n) is 3.43. The van der Waals surface area contributed by atoms with E-state index in [-0.39, 0.29) is 6.10 Å². The summed E-state index contributed by atoms with van der Waals surface area (Å²) in [6.45, 7) is 4.07. The summed E-state index contributed by atoms with van der Waals surface area (Å²) in [6, 6.07) is 7.98. The lowest BCUT2D eigenvalue weighted by atomic mass is 10.2. The molecule has 98 valence electrons. The van der Waals surface area contributed by atoms with E-state index < -0.39 is 0 Å². The molecule has 0 radical (unpaired) electrons. The highest BCUT2D eigenvalue weighted by Crippen LogP contribution is 2.31. The van der Waals surface area contributed by atoms with E-state index in [4.69, 9.17) is 10.6 Å².